The van der Waals surface area contributed by atoms with E-state index < -0.39 is 5.82 Å². The maximum absolute atomic E-state index is 13.3. The third-order valence-corrected chi connectivity index (χ3v) is 3.86. The molecule has 0 unspecified atom stereocenters. The van der Waals surface area contributed by atoms with E-state index in [2.05, 4.69) is 15.5 Å². The SMILES string of the molecule is CC/C(=N\NC(=O)Cc1nc(C)cs1)c1cc(F)ccc1O. The molecule has 1 heterocycles. The van der Waals surface area contributed by atoms with Gasteiger partial charge in [-0.25, -0.2) is 14.8 Å². The molecular formula is C15H16FN3O2S. The molecule has 2 rings (SSSR count). The Kier molecular flexibility index (Phi) is 5.21. The molecule has 2 aromatic rings. The van der Waals surface area contributed by atoms with Gasteiger partial charge in [-0.05, 0) is 31.5 Å². The van der Waals surface area contributed by atoms with Crippen LogP contribution in [0, 0.1) is 12.7 Å². The lowest BCUT2D eigenvalue weighted by Gasteiger charge is -2.07. The fraction of sp³-hybridized carbons (Fsp3) is 0.267. The number of thiazole rings is 1. The van der Waals surface area contributed by atoms with Crippen LogP contribution in [0.25, 0.3) is 0 Å². The number of nitrogens with one attached hydrogen (secondary N) is 1. The van der Waals surface area contributed by atoms with E-state index in [0.29, 0.717) is 17.1 Å². The second kappa shape index (κ2) is 7.13. The van der Waals surface area contributed by atoms with Crippen molar-refractivity contribution in [2.45, 2.75) is 26.7 Å². The molecule has 0 atom stereocenters. The van der Waals surface area contributed by atoms with Gasteiger partial charge in [0.25, 0.3) is 0 Å². The summed E-state index contributed by atoms with van der Waals surface area (Å²) in [5.74, 6) is -0.860. The highest BCUT2D eigenvalue weighted by Gasteiger charge is 2.11. The molecule has 116 valence electrons. The van der Waals surface area contributed by atoms with Gasteiger partial charge in [-0.15, -0.1) is 11.3 Å². The minimum absolute atomic E-state index is 0.0770. The molecule has 1 aromatic heterocycles. The first kappa shape index (κ1) is 16.1. The summed E-state index contributed by atoms with van der Waals surface area (Å²) in [7, 11) is 0. The maximum Gasteiger partial charge on any atom is 0.246 e. The molecule has 0 aliphatic rings. The molecular weight excluding hydrogens is 305 g/mol. The average Bonchev–Trinajstić information content (AvgIpc) is 2.88. The summed E-state index contributed by atoms with van der Waals surface area (Å²) < 4.78 is 13.3. The minimum Gasteiger partial charge on any atom is -0.507 e. The van der Waals surface area contributed by atoms with E-state index in [1.54, 1.807) is 6.92 Å². The molecule has 0 bridgehead atoms. The fourth-order valence-electron chi connectivity index (χ4n) is 1.86. The van der Waals surface area contributed by atoms with Crippen LogP contribution in [-0.2, 0) is 11.2 Å². The Labute approximate surface area is 131 Å². The van der Waals surface area contributed by atoms with Crippen LogP contribution in [0.5, 0.6) is 5.75 Å². The molecule has 0 fully saturated rings. The number of phenolic OH excluding ortho intramolecular Hbond substituents is 1. The highest BCUT2D eigenvalue weighted by molar-refractivity contribution is 7.09. The fourth-order valence-corrected chi connectivity index (χ4v) is 2.63. The smallest absolute Gasteiger partial charge is 0.246 e. The Morgan fingerprint density at radius 1 is 1.50 bits per heavy atom. The van der Waals surface area contributed by atoms with Gasteiger partial charge in [0.1, 0.15) is 16.6 Å². The molecule has 2 N–H and O–H groups in total. The van der Waals surface area contributed by atoms with Crippen LogP contribution in [0.15, 0.2) is 28.7 Å². The first-order valence-electron chi connectivity index (χ1n) is 6.75. The Hall–Kier alpha value is -2.28. The van der Waals surface area contributed by atoms with Crippen molar-refractivity contribution < 1.29 is 14.3 Å². The van der Waals surface area contributed by atoms with Gasteiger partial charge >= 0.3 is 0 Å². The van der Waals surface area contributed by atoms with Crippen LogP contribution < -0.4 is 5.43 Å². The van der Waals surface area contributed by atoms with Gasteiger partial charge in [0, 0.05) is 16.6 Å². The van der Waals surface area contributed by atoms with E-state index in [0.717, 1.165) is 11.8 Å². The Morgan fingerprint density at radius 2 is 2.27 bits per heavy atom. The number of aromatic nitrogens is 1. The van der Waals surface area contributed by atoms with Crippen LogP contribution in [-0.4, -0.2) is 21.7 Å². The number of carbonyl (C=O) groups is 1. The predicted molar refractivity (Wildman–Crippen MR) is 83.6 cm³/mol. The van der Waals surface area contributed by atoms with Gasteiger partial charge in [0.2, 0.25) is 5.91 Å². The van der Waals surface area contributed by atoms with E-state index in [-0.39, 0.29) is 23.6 Å². The molecule has 1 aromatic carbocycles. The lowest BCUT2D eigenvalue weighted by molar-refractivity contribution is -0.120. The molecule has 0 spiro atoms. The van der Waals surface area contributed by atoms with Gasteiger partial charge in [-0.2, -0.15) is 5.10 Å². The molecule has 0 aliphatic heterocycles. The zero-order chi connectivity index (χ0) is 16.1. The van der Waals surface area contributed by atoms with E-state index in [4.69, 9.17) is 0 Å². The average molecular weight is 321 g/mol. The van der Waals surface area contributed by atoms with Crippen molar-refractivity contribution in [1.82, 2.24) is 10.4 Å². The summed E-state index contributed by atoms with van der Waals surface area (Å²) in [6, 6.07) is 3.61. The molecule has 0 aliphatic carbocycles. The first-order valence-corrected chi connectivity index (χ1v) is 7.63. The van der Waals surface area contributed by atoms with Crippen molar-refractivity contribution in [3.8, 4) is 5.75 Å². The first-order chi connectivity index (χ1) is 10.5. The Morgan fingerprint density at radius 3 is 2.91 bits per heavy atom. The lowest BCUT2D eigenvalue weighted by Crippen LogP contribution is -2.21. The maximum atomic E-state index is 13.3. The summed E-state index contributed by atoms with van der Waals surface area (Å²) in [4.78, 5) is 16.0. The zero-order valence-corrected chi connectivity index (χ0v) is 13.1. The number of aryl methyl sites for hydroxylation is 1. The van der Waals surface area contributed by atoms with Gasteiger partial charge in [0.15, 0.2) is 0 Å². The van der Waals surface area contributed by atoms with Gasteiger partial charge in [-0.3, -0.25) is 4.79 Å². The van der Waals surface area contributed by atoms with Crippen molar-refractivity contribution in [3.05, 3.63) is 45.7 Å². The summed E-state index contributed by atoms with van der Waals surface area (Å²) in [5.41, 5.74) is 3.96. The number of halogens is 1. The number of hydrogen-bond acceptors (Lipinski definition) is 5. The number of carbonyl (C=O) groups excluding carboxylic acids is 1. The van der Waals surface area contributed by atoms with Crippen LogP contribution in [0.1, 0.15) is 29.6 Å². The molecule has 1 amide bonds. The van der Waals surface area contributed by atoms with Gasteiger partial charge < -0.3 is 5.11 Å². The van der Waals surface area contributed by atoms with Crippen LogP contribution in [0.3, 0.4) is 0 Å². The van der Waals surface area contributed by atoms with Crippen LogP contribution in [0.4, 0.5) is 4.39 Å². The van der Waals surface area contributed by atoms with Gasteiger partial charge in [0.05, 0.1) is 12.1 Å². The van der Waals surface area contributed by atoms with E-state index >= 15 is 0 Å². The lowest BCUT2D eigenvalue weighted by atomic mass is 10.1. The van der Waals surface area contributed by atoms with E-state index in [1.807, 2.05) is 12.3 Å². The number of benzene rings is 1. The number of nitrogens with zero attached hydrogens (tertiary/aromatic N) is 2. The normalized spacial score (nSPS) is 11.5. The zero-order valence-electron chi connectivity index (χ0n) is 12.3. The molecule has 5 nitrogen and oxygen atoms in total. The van der Waals surface area contributed by atoms with Crippen molar-refractivity contribution in [2.75, 3.05) is 0 Å². The highest BCUT2D eigenvalue weighted by Crippen LogP contribution is 2.20. The van der Waals surface area contributed by atoms with Crippen LogP contribution in [0.2, 0.25) is 0 Å². The minimum atomic E-state index is -0.474. The molecule has 0 radical (unpaired) electrons. The highest BCUT2D eigenvalue weighted by atomic mass is 32.1. The van der Waals surface area contributed by atoms with Crippen molar-refractivity contribution in [2.24, 2.45) is 5.10 Å². The second-order valence-corrected chi connectivity index (χ2v) is 5.61. The predicted octanol–water partition coefficient (Wildman–Crippen LogP) is 2.77. The monoisotopic (exact) mass is 321 g/mol. The largest absolute Gasteiger partial charge is 0.507 e. The third kappa shape index (κ3) is 4.11. The number of aromatic hydroxyl groups is 1. The quantitative estimate of drug-likeness (QED) is 0.657. The second-order valence-electron chi connectivity index (χ2n) is 4.67. The molecule has 7 heteroatoms. The number of hydrogen-bond donors (Lipinski definition) is 2. The van der Waals surface area contributed by atoms with E-state index in [9.17, 15) is 14.3 Å². The summed E-state index contributed by atoms with van der Waals surface area (Å²) in [5, 5.41) is 16.3. The molecule has 0 saturated carbocycles. The van der Waals surface area contributed by atoms with Crippen molar-refractivity contribution >= 4 is 23.0 Å². The summed E-state index contributed by atoms with van der Waals surface area (Å²) >= 11 is 1.41. The molecule has 0 saturated heterocycles. The van der Waals surface area contributed by atoms with Crippen molar-refractivity contribution in [1.29, 1.82) is 0 Å². The number of rotatable bonds is 5. The number of hydrazone groups is 1. The summed E-state index contributed by atoms with van der Waals surface area (Å²) in [6.45, 7) is 3.66. The molecule has 22 heavy (non-hydrogen) atoms. The topological polar surface area (TPSA) is 74.6 Å². The Balaban J connectivity index is 2.09. The summed E-state index contributed by atoms with van der Waals surface area (Å²) in [6.07, 6.45) is 0.571. The standard InChI is InChI=1S/C15H16FN3O2S/c1-3-12(11-6-10(16)4-5-13(11)20)18-19-14(21)7-15-17-9(2)8-22-15/h4-6,8,20H,3,7H2,1-2H3,(H,19,21)/b18-12+. The van der Waals surface area contributed by atoms with E-state index in [1.165, 1.54) is 23.5 Å². The third-order valence-electron chi connectivity index (χ3n) is 2.90. The Bertz CT molecular complexity index is 713. The number of phenols is 1. The van der Waals surface area contributed by atoms with Crippen molar-refractivity contribution in [3.63, 3.8) is 0 Å². The van der Waals surface area contributed by atoms with Gasteiger partial charge in [-0.1, -0.05) is 6.92 Å². The number of amides is 1. The van der Waals surface area contributed by atoms with Crippen LogP contribution >= 0.6 is 11.3 Å².